The van der Waals surface area contributed by atoms with Crippen molar-refractivity contribution in [1.82, 2.24) is 19.9 Å². The summed E-state index contributed by atoms with van der Waals surface area (Å²) in [6, 6.07) is -0.994. The Morgan fingerprint density at radius 2 is 2.18 bits per heavy atom. The van der Waals surface area contributed by atoms with Crippen molar-refractivity contribution in [2.24, 2.45) is 0 Å². The van der Waals surface area contributed by atoms with Crippen molar-refractivity contribution in [3.8, 4) is 11.8 Å². The van der Waals surface area contributed by atoms with Crippen molar-refractivity contribution in [2.75, 3.05) is 12.4 Å². The second-order valence-electron chi connectivity index (χ2n) is 8.31. The standard InChI is InChI=1S/C17H26B2F2N5O7P/c1-8(2)31-13(28)9(3)25-34(30)33-17(18,19)12-11(27)16(21,5-4-6-20)14(32-12)26-15(29)24-10(22)7-23-26/h7-9,11-12,14,27,34H,6,18-19H2,1-3H3,(H,25,30)(H2,22,24,29)/t9-,11?,12?,14+,16+/m0/s1. The van der Waals surface area contributed by atoms with Gasteiger partial charge in [0.2, 0.25) is 11.9 Å². The number of hydrogen-bond donors (Lipinski definition) is 3. The van der Waals surface area contributed by atoms with Gasteiger partial charge in [-0.25, -0.2) is 18.7 Å². The first-order chi connectivity index (χ1) is 15.7. The number of halogens is 2. The zero-order valence-electron chi connectivity index (χ0n) is 19.2. The van der Waals surface area contributed by atoms with E-state index in [1.54, 1.807) is 13.8 Å². The Hall–Kier alpha value is -2.30. The van der Waals surface area contributed by atoms with E-state index >= 15 is 4.39 Å². The first-order valence-electron chi connectivity index (χ1n) is 10.2. The molecule has 6 atom stereocenters. The second kappa shape index (κ2) is 11.0. The van der Waals surface area contributed by atoms with Crippen LogP contribution in [0.5, 0.6) is 0 Å². The number of hydrogen-bond acceptors (Lipinski definition) is 10. The van der Waals surface area contributed by atoms with Gasteiger partial charge in [-0.1, -0.05) is 11.8 Å². The van der Waals surface area contributed by atoms with Crippen molar-refractivity contribution in [2.45, 2.75) is 62.4 Å². The zero-order chi connectivity index (χ0) is 25.8. The third-order valence-electron chi connectivity index (χ3n) is 4.74. The maximum atomic E-state index is 15.9. The molecular formula is C17H26B2F2N5O7P. The molecule has 2 rings (SSSR count). The summed E-state index contributed by atoms with van der Waals surface area (Å²) in [5, 5.41) is 15.2. The van der Waals surface area contributed by atoms with Crippen LogP contribution in [-0.4, -0.2) is 83.6 Å². The normalized spacial score (nSPS) is 26.5. The summed E-state index contributed by atoms with van der Waals surface area (Å²) in [6.07, 6.45) is -5.04. The number of nitrogen functional groups attached to an aromatic ring is 1. The highest BCUT2D eigenvalue weighted by Crippen LogP contribution is 2.44. The van der Waals surface area contributed by atoms with Gasteiger partial charge in [0.05, 0.1) is 12.3 Å². The van der Waals surface area contributed by atoms with Crippen LogP contribution >= 0.6 is 8.18 Å². The maximum absolute atomic E-state index is 15.9. The summed E-state index contributed by atoms with van der Waals surface area (Å²) in [4.78, 5) is 27.6. The van der Waals surface area contributed by atoms with Crippen LogP contribution in [0.4, 0.5) is 14.6 Å². The third kappa shape index (κ3) is 6.22. The summed E-state index contributed by atoms with van der Waals surface area (Å²) in [7, 11) is -0.480. The number of carbonyl (C=O) groups excluding carboxylic acids is 1. The van der Waals surface area contributed by atoms with Crippen LogP contribution in [0.3, 0.4) is 0 Å². The molecule has 0 saturated carbocycles. The third-order valence-corrected chi connectivity index (χ3v) is 6.12. The van der Waals surface area contributed by atoms with Gasteiger partial charge in [0.1, 0.15) is 46.4 Å². The van der Waals surface area contributed by atoms with Crippen molar-refractivity contribution in [3.05, 3.63) is 16.7 Å². The molecule has 4 N–H and O–H groups in total. The van der Waals surface area contributed by atoms with Gasteiger partial charge in [-0.15, -0.1) is 0 Å². The van der Waals surface area contributed by atoms with Crippen LogP contribution in [0.15, 0.2) is 11.0 Å². The van der Waals surface area contributed by atoms with Gasteiger partial charge in [0.15, 0.2) is 0 Å². The van der Waals surface area contributed by atoms with Gasteiger partial charge in [-0.2, -0.15) is 14.8 Å². The van der Waals surface area contributed by atoms with E-state index in [0.29, 0.717) is 4.68 Å². The number of aromatic nitrogens is 3. The molecule has 3 unspecified atom stereocenters. The van der Waals surface area contributed by atoms with Crippen molar-refractivity contribution >= 4 is 35.7 Å². The summed E-state index contributed by atoms with van der Waals surface area (Å²) in [5.41, 5.74) is 1.29. The average Bonchev–Trinajstić information content (AvgIpc) is 2.97. The molecule has 34 heavy (non-hydrogen) atoms. The summed E-state index contributed by atoms with van der Waals surface area (Å²) >= 11 is 0. The molecule has 0 bridgehead atoms. The van der Waals surface area contributed by atoms with Crippen LogP contribution in [0.2, 0.25) is 0 Å². The number of nitrogens with zero attached hydrogens (tertiary/aromatic N) is 3. The van der Waals surface area contributed by atoms with Crippen molar-refractivity contribution in [3.63, 3.8) is 0 Å². The maximum Gasteiger partial charge on any atom is 0.368 e. The highest BCUT2D eigenvalue weighted by atomic mass is 31.1. The topological polar surface area (TPSA) is 168 Å². The minimum absolute atomic E-state index is 0.242. The lowest BCUT2D eigenvalue weighted by Crippen LogP contribution is -2.53. The van der Waals surface area contributed by atoms with Crippen molar-refractivity contribution in [1.29, 1.82) is 0 Å². The molecule has 2 heterocycles. The Kier molecular flexibility index (Phi) is 9.01. The molecule has 0 aromatic carbocycles. The van der Waals surface area contributed by atoms with Gasteiger partial charge in [-0.05, 0) is 20.8 Å². The van der Waals surface area contributed by atoms with Gasteiger partial charge >= 0.3 is 11.7 Å². The number of aliphatic hydroxyl groups excluding tert-OH is 1. The molecule has 1 aliphatic rings. The number of nitrogens with one attached hydrogen (secondary N) is 1. The van der Waals surface area contributed by atoms with Gasteiger partial charge in [0, 0.05) is 5.40 Å². The molecule has 12 nitrogen and oxygen atoms in total. The number of nitrogens with two attached hydrogens (primary N) is 1. The molecule has 17 heteroatoms. The molecule has 0 radical (unpaired) electrons. The lowest BCUT2D eigenvalue weighted by molar-refractivity contribution is -0.149. The van der Waals surface area contributed by atoms with Gasteiger partial charge < -0.3 is 24.8 Å². The molecular weight excluding hydrogens is 477 g/mol. The van der Waals surface area contributed by atoms with E-state index < -0.39 is 68.2 Å². The van der Waals surface area contributed by atoms with Gasteiger partial charge in [0.25, 0.3) is 8.18 Å². The molecule has 1 aromatic heterocycles. The van der Waals surface area contributed by atoms with Crippen LogP contribution < -0.4 is 16.5 Å². The smallest absolute Gasteiger partial charge is 0.368 e. The number of carbonyl (C=O) groups is 1. The summed E-state index contributed by atoms with van der Waals surface area (Å²) < 4.78 is 57.6. The van der Waals surface area contributed by atoms with Crippen LogP contribution in [-0.2, 0) is 23.4 Å². The number of esters is 1. The fraction of sp³-hybridized carbons (Fsp3) is 0.647. The first kappa shape index (κ1) is 27.9. The largest absolute Gasteiger partial charge is 0.462 e. The molecule has 1 saturated heterocycles. The minimum atomic E-state index is -3.16. The highest BCUT2D eigenvalue weighted by molar-refractivity contribution is 7.37. The Labute approximate surface area is 196 Å². The Morgan fingerprint density at radius 3 is 2.74 bits per heavy atom. The van der Waals surface area contributed by atoms with E-state index in [2.05, 4.69) is 15.2 Å². The van der Waals surface area contributed by atoms with Crippen molar-refractivity contribution < 1.29 is 37.2 Å². The molecule has 1 aliphatic heterocycles. The molecule has 1 fully saturated rings. The number of anilines is 1. The van der Waals surface area contributed by atoms with E-state index in [9.17, 15) is 23.7 Å². The van der Waals surface area contributed by atoms with E-state index in [4.69, 9.17) is 19.7 Å². The van der Waals surface area contributed by atoms with E-state index in [-0.39, 0.29) is 5.82 Å². The monoisotopic (exact) mass is 503 g/mol. The SMILES string of the molecule is BC(B)(O[PH](=O)N[C@@H](C)C(=O)OC(C)C)C1O[C@@H](n2ncc(N)nc2=O)[C@@](F)(C#CCF)C1O. The number of rotatable bonds is 8. The lowest BCUT2D eigenvalue weighted by atomic mass is 9.60. The van der Waals surface area contributed by atoms with Crippen LogP contribution in [0.25, 0.3) is 0 Å². The van der Waals surface area contributed by atoms with E-state index in [1.807, 2.05) is 11.8 Å². The predicted molar refractivity (Wildman–Crippen MR) is 122 cm³/mol. The molecule has 186 valence electrons. The predicted octanol–water partition coefficient (Wildman–Crippen LogP) is -2.58. The molecule has 0 amide bonds. The lowest BCUT2D eigenvalue weighted by Gasteiger charge is -2.33. The fourth-order valence-corrected chi connectivity index (χ4v) is 4.31. The number of aliphatic hydroxyl groups is 1. The molecule has 0 aliphatic carbocycles. The average molecular weight is 503 g/mol. The Balaban J connectivity index is 2.30. The van der Waals surface area contributed by atoms with Crippen LogP contribution in [0, 0.1) is 11.8 Å². The van der Waals surface area contributed by atoms with E-state index in [0.717, 1.165) is 6.20 Å². The van der Waals surface area contributed by atoms with Gasteiger partial charge in [-0.3, -0.25) is 9.36 Å². The Bertz CT molecular complexity index is 1050. The minimum Gasteiger partial charge on any atom is -0.462 e. The quantitative estimate of drug-likeness (QED) is 0.148. The fourth-order valence-electron chi connectivity index (χ4n) is 3.18. The zero-order valence-corrected chi connectivity index (χ0v) is 20.2. The first-order valence-corrected chi connectivity index (χ1v) is 11.5. The summed E-state index contributed by atoms with van der Waals surface area (Å²) in [6.45, 7) is 3.47. The van der Waals surface area contributed by atoms with E-state index in [1.165, 1.54) is 22.6 Å². The Morgan fingerprint density at radius 1 is 1.53 bits per heavy atom. The van der Waals surface area contributed by atoms with Crippen LogP contribution in [0.1, 0.15) is 27.0 Å². The second-order valence-corrected chi connectivity index (χ2v) is 9.38. The molecule has 1 aromatic rings. The number of ether oxygens (including phenoxy) is 2. The number of alkyl halides is 2. The summed E-state index contributed by atoms with van der Waals surface area (Å²) in [5.74, 6) is 2.91. The molecule has 0 spiro atoms. The highest BCUT2D eigenvalue weighted by Gasteiger charge is 2.62.